The maximum absolute atomic E-state index is 14.5. The van der Waals surface area contributed by atoms with Crippen LogP contribution in [0.25, 0.3) is 0 Å². The number of piperazine rings is 1. The van der Waals surface area contributed by atoms with E-state index in [4.69, 9.17) is 9.47 Å². The maximum atomic E-state index is 14.5. The van der Waals surface area contributed by atoms with Gasteiger partial charge in [0.1, 0.15) is 0 Å². The van der Waals surface area contributed by atoms with Crippen molar-refractivity contribution in [2.75, 3.05) is 51.4 Å². The van der Waals surface area contributed by atoms with Crippen molar-refractivity contribution in [1.29, 1.82) is 0 Å². The third-order valence-corrected chi connectivity index (χ3v) is 4.59. The van der Waals surface area contributed by atoms with Crippen LogP contribution < -0.4 is 9.64 Å². The van der Waals surface area contributed by atoms with E-state index in [1.165, 1.54) is 13.2 Å². The van der Waals surface area contributed by atoms with Gasteiger partial charge >= 0.3 is 5.69 Å². The standard InChI is InChI=1S/C17H26FN3O4/c1-4-13-12-20(7-6-19(13)8-9-25-5-2)15-11-17(24-3)16(21(22)23)10-14(15)18/h10-11,13H,4-9,12H2,1-3H3/t13-/m1/s1. The molecule has 0 spiro atoms. The highest BCUT2D eigenvalue weighted by molar-refractivity contribution is 5.60. The number of methoxy groups -OCH3 is 1. The number of nitro benzene ring substituents is 1. The molecule has 1 aliphatic rings. The largest absolute Gasteiger partial charge is 0.490 e. The van der Waals surface area contributed by atoms with Gasteiger partial charge in [-0.1, -0.05) is 6.92 Å². The lowest BCUT2D eigenvalue weighted by Crippen LogP contribution is -2.54. The number of nitro groups is 1. The molecule has 0 bridgehead atoms. The van der Waals surface area contributed by atoms with Crippen molar-refractivity contribution >= 4 is 11.4 Å². The number of rotatable bonds is 8. The van der Waals surface area contributed by atoms with Gasteiger partial charge in [0.25, 0.3) is 0 Å². The van der Waals surface area contributed by atoms with Crippen LogP contribution in [0.2, 0.25) is 0 Å². The summed E-state index contributed by atoms with van der Waals surface area (Å²) in [6.07, 6.45) is 0.939. The summed E-state index contributed by atoms with van der Waals surface area (Å²) < 4.78 is 25.0. The zero-order valence-corrected chi connectivity index (χ0v) is 15.0. The maximum Gasteiger partial charge on any atom is 0.313 e. The molecule has 0 amide bonds. The minimum Gasteiger partial charge on any atom is -0.490 e. The number of hydrogen-bond acceptors (Lipinski definition) is 6. The Morgan fingerprint density at radius 1 is 1.36 bits per heavy atom. The second-order valence-electron chi connectivity index (χ2n) is 5.97. The molecule has 0 unspecified atom stereocenters. The van der Waals surface area contributed by atoms with Crippen molar-refractivity contribution in [1.82, 2.24) is 4.90 Å². The first-order valence-corrected chi connectivity index (χ1v) is 8.60. The van der Waals surface area contributed by atoms with E-state index in [1.54, 1.807) is 0 Å². The fraction of sp³-hybridized carbons (Fsp3) is 0.647. The van der Waals surface area contributed by atoms with Gasteiger partial charge in [0.2, 0.25) is 0 Å². The average molecular weight is 355 g/mol. The molecule has 0 aliphatic carbocycles. The van der Waals surface area contributed by atoms with Gasteiger partial charge in [0.05, 0.1) is 30.4 Å². The summed E-state index contributed by atoms with van der Waals surface area (Å²) in [5.74, 6) is -0.515. The molecule has 0 aromatic heterocycles. The Labute approximate surface area is 147 Å². The molecule has 1 atom stereocenters. The lowest BCUT2D eigenvalue weighted by atomic mass is 10.1. The van der Waals surface area contributed by atoms with Crippen LogP contribution >= 0.6 is 0 Å². The summed E-state index contributed by atoms with van der Waals surface area (Å²) in [6.45, 7) is 8.43. The van der Waals surface area contributed by atoms with Crippen LogP contribution in [0.5, 0.6) is 5.75 Å². The predicted octanol–water partition coefficient (Wildman–Crippen LogP) is 2.68. The first-order chi connectivity index (χ1) is 12.0. The Bertz CT molecular complexity index is 600. The van der Waals surface area contributed by atoms with Crippen molar-refractivity contribution in [2.45, 2.75) is 26.3 Å². The van der Waals surface area contributed by atoms with Crippen LogP contribution in [0.4, 0.5) is 15.8 Å². The molecule has 0 saturated carbocycles. The zero-order valence-electron chi connectivity index (χ0n) is 15.0. The summed E-state index contributed by atoms with van der Waals surface area (Å²) >= 11 is 0. The van der Waals surface area contributed by atoms with Crippen LogP contribution in [-0.4, -0.2) is 62.4 Å². The molecule has 1 aliphatic heterocycles. The predicted molar refractivity (Wildman–Crippen MR) is 94.0 cm³/mol. The van der Waals surface area contributed by atoms with Crippen molar-refractivity contribution in [2.24, 2.45) is 0 Å². The Morgan fingerprint density at radius 3 is 2.72 bits per heavy atom. The van der Waals surface area contributed by atoms with E-state index in [1.807, 2.05) is 11.8 Å². The van der Waals surface area contributed by atoms with Crippen molar-refractivity contribution in [3.05, 3.63) is 28.1 Å². The van der Waals surface area contributed by atoms with Gasteiger partial charge in [-0.2, -0.15) is 0 Å². The van der Waals surface area contributed by atoms with Gasteiger partial charge in [0, 0.05) is 44.9 Å². The average Bonchev–Trinajstić information content (AvgIpc) is 2.61. The molecular weight excluding hydrogens is 329 g/mol. The number of nitrogens with zero attached hydrogens (tertiary/aromatic N) is 3. The van der Waals surface area contributed by atoms with E-state index in [2.05, 4.69) is 11.8 Å². The molecule has 140 valence electrons. The lowest BCUT2D eigenvalue weighted by molar-refractivity contribution is -0.385. The summed E-state index contributed by atoms with van der Waals surface area (Å²) in [6, 6.07) is 2.65. The highest BCUT2D eigenvalue weighted by Crippen LogP contribution is 2.35. The smallest absolute Gasteiger partial charge is 0.313 e. The highest BCUT2D eigenvalue weighted by Gasteiger charge is 2.29. The van der Waals surface area contributed by atoms with E-state index in [0.717, 1.165) is 25.6 Å². The van der Waals surface area contributed by atoms with Gasteiger partial charge in [-0.3, -0.25) is 15.0 Å². The second kappa shape index (κ2) is 8.96. The van der Waals surface area contributed by atoms with Crippen molar-refractivity contribution < 1.29 is 18.8 Å². The van der Waals surface area contributed by atoms with Gasteiger partial charge in [-0.15, -0.1) is 0 Å². The van der Waals surface area contributed by atoms with E-state index < -0.39 is 10.7 Å². The number of halogens is 1. The molecule has 7 nitrogen and oxygen atoms in total. The normalized spacial score (nSPS) is 18.4. The number of benzene rings is 1. The molecular formula is C17H26FN3O4. The van der Waals surface area contributed by atoms with Gasteiger partial charge < -0.3 is 14.4 Å². The molecule has 1 aromatic carbocycles. The minimum absolute atomic E-state index is 0.0771. The van der Waals surface area contributed by atoms with E-state index >= 15 is 0 Å². The first-order valence-electron chi connectivity index (χ1n) is 8.60. The minimum atomic E-state index is -0.633. The fourth-order valence-corrected chi connectivity index (χ4v) is 3.20. The molecule has 0 N–H and O–H groups in total. The molecule has 1 saturated heterocycles. The third-order valence-electron chi connectivity index (χ3n) is 4.59. The van der Waals surface area contributed by atoms with Gasteiger partial charge in [0.15, 0.2) is 11.6 Å². The number of hydrogen-bond donors (Lipinski definition) is 0. The van der Waals surface area contributed by atoms with Crippen LogP contribution in [0.3, 0.4) is 0 Å². The van der Waals surface area contributed by atoms with Crippen molar-refractivity contribution in [3.8, 4) is 5.75 Å². The Balaban J connectivity index is 2.16. The molecule has 2 rings (SSSR count). The molecule has 1 aromatic rings. The van der Waals surface area contributed by atoms with Crippen molar-refractivity contribution in [3.63, 3.8) is 0 Å². The second-order valence-corrected chi connectivity index (χ2v) is 5.97. The topological polar surface area (TPSA) is 68.1 Å². The molecule has 25 heavy (non-hydrogen) atoms. The van der Waals surface area contributed by atoms with Gasteiger partial charge in [-0.05, 0) is 13.3 Å². The van der Waals surface area contributed by atoms with E-state index in [-0.39, 0.29) is 17.5 Å². The SMILES string of the molecule is CCOCCN1CCN(c2cc(OC)c([N+](=O)[O-])cc2F)C[C@H]1CC. The Kier molecular flexibility index (Phi) is 6.95. The third kappa shape index (κ3) is 4.58. The van der Waals surface area contributed by atoms with Crippen LogP contribution in [-0.2, 0) is 4.74 Å². The monoisotopic (exact) mass is 355 g/mol. The molecule has 1 fully saturated rings. The Hall–Kier alpha value is -1.93. The lowest BCUT2D eigenvalue weighted by Gasteiger charge is -2.42. The number of ether oxygens (including phenoxy) is 2. The molecule has 8 heteroatoms. The van der Waals surface area contributed by atoms with Crippen LogP contribution in [0.1, 0.15) is 20.3 Å². The van der Waals surface area contributed by atoms with Crippen LogP contribution in [0, 0.1) is 15.9 Å². The summed E-state index contributed by atoms with van der Waals surface area (Å²) in [4.78, 5) is 14.7. The first kappa shape index (κ1) is 19.4. The quantitative estimate of drug-likeness (QED) is 0.406. The number of anilines is 1. The van der Waals surface area contributed by atoms with Gasteiger partial charge in [-0.25, -0.2) is 4.39 Å². The van der Waals surface area contributed by atoms with E-state index in [0.29, 0.717) is 32.0 Å². The zero-order chi connectivity index (χ0) is 18.4. The molecule has 1 heterocycles. The fourth-order valence-electron chi connectivity index (χ4n) is 3.20. The molecule has 0 radical (unpaired) electrons. The van der Waals surface area contributed by atoms with Crippen LogP contribution in [0.15, 0.2) is 12.1 Å². The summed E-state index contributed by atoms with van der Waals surface area (Å²) in [5.41, 5.74) is -0.00324. The van der Waals surface area contributed by atoms with E-state index in [9.17, 15) is 14.5 Å². The Morgan fingerprint density at radius 2 is 2.12 bits per heavy atom. The highest BCUT2D eigenvalue weighted by atomic mass is 19.1. The summed E-state index contributed by atoms with van der Waals surface area (Å²) in [7, 11) is 1.35. The summed E-state index contributed by atoms with van der Waals surface area (Å²) in [5, 5.41) is 11.0.